The van der Waals surface area contributed by atoms with Crippen LogP contribution in [0.4, 0.5) is 0 Å². The molecule has 0 N–H and O–H groups in total. The Morgan fingerprint density at radius 3 is 1.66 bits per heavy atom. The Bertz CT molecular complexity index is 892. The molecule has 2 aromatic heterocycles. The van der Waals surface area contributed by atoms with Crippen LogP contribution >= 0.6 is 0 Å². The van der Waals surface area contributed by atoms with Gasteiger partial charge in [0.2, 0.25) is 0 Å². The first-order valence-corrected chi connectivity index (χ1v) is 17.6. The maximum absolute atomic E-state index is 6.57. The third kappa shape index (κ3) is 12.5. The minimum absolute atomic E-state index is 0.503. The fraction of sp³-hybridized carbons (Fsp3) is 0.730. The molecule has 4 heteroatoms. The molecule has 0 radical (unpaired) electrons. The number of rotatable bonds is 23. The van der Waals surface area contributed by atoms with Crippen LogP contribution < -0.4 is 0 Å². The summed E-state index contributed by atoms with van der Waals surface area (Å²) in [6, 6.07) is 9.22. The molecule has 1 aliphatic heterocycles. The molecule has 4 nitrogen and oxygen atoms in total. The Morgan fingerprint density at radius 1 is 0.610 bits per heavy atom. The number of hydroxylamine groups is 2. The van der Waals surface area contributed by atoms with Gasteiger partial charge in [0.25, 0.3) is 0 Å². The van der Waals surface area contributed by atoms with E-state index >= 15 is 0 Å². The summed E-state index contributed by atoms with van der Waals surface area (Å²) in [4.78, 5) is 15.0. The Kier molecular flexibility index (Phi) is 15.8. The highest BCUT2D eigenvalue weighted by atomic mass is 16.7. The van der Waals surface area contributed by atoms with E-state index in [0.717, 1.165) is 18.5 Å². The molecule has 0 amide bonds. The van der Waals surface area contributed by atoms with Gasteiger partial charge in [-0.3, -0.25) is 14.8 Å². The summed E-state index contributed by atoms with van der Waals surface area (Å²) < 4.78 is 0. The normalized spacial score (nSPS) is 20.5. The Balaban J connectivity index is 0.930. The predicted molar refractivity (Wildman–Crippen MR) is 172 cm³/mol. The largest absolute Gasteiger partial charge is 0.295 e. The van der Waals surface area contributed by atoms with Crippen molar-refractivity contribution in [3.63, 3.8) is 0 Å². The van der Waals surface area contributed by atoms with Gasteiger partial charge in [-0.25, -0.2) is 0 Å². The molecule has 0 spiro atoms. The van der Waals surface area contributed by atoms with Crippen molar-refractivity contribution in [2.75, 3.05) is 6.54 Å². The van der Waals surface area contributed by atoms with Gasteiger partial charge >= 0.3 is 0 Å². The van der Waals surface area contributed by atoms with E-state index in [0.29, 0.717) is 6.10 Å². The molecule has 1 saturated heterocycles. The molecule has 2 aromatic rings. The van der Waals surface area contributed by atoms with Gasteiger partial charge in [-0.1, -0.05) is 108 Å². The van der Waals surface area contributed by atoms with Crippen LogP contribution in [0, 0.1) is 5.92 Å². The second-order valence-electron chi connectivity index (χ2n) is 13.0. The molecule has 2 fully saturated rings. The van der Waals surface area contributed by atoms with Crippen LogP contribution in [0.15, 0.2) is 49.1 Å². The van der Waals surface area contributed by atoms with E-state index in [9.17, 15) is 0 Å². The van der Waals surface area contributed by atoms with Crippen LogP contribution in [-0.2, 0) is 17.7 Å². The van der Waals surface area contributed by atoms with Gasteiger partial charge < -0.3 is 0 Å². The number of aryl methyl sites for hydroxylation is 2. The topological polar surface area (TPSA) is 38.2 Å². The molecule has 0 aromatic carbocycles. The summed E-state index contributed by atoms with van der Waals surface area (Å²) in [7, 11) is 0. The molecule has 4 rings (SSSR count). The highest BCUT2D eigenvalue weighted by molar-refractivity contribution is 5.08. The first kappa shape index (κ1) is 32.1. The van der Waals surface area contributed by atoms with E-state index in [1.54, 1.807) is 0 Å². The number of fused-ring (bicyclic) bond motifs is 1. The number of nitrogens with zero attached hydrogens (tertiary/aromatic N) is 3. The fourth-order valence-corrected chi connectivity index (χ4v) is 7.24. The van der Waals surface area contributed by atoms with Crippen molar-refractivity contribution >= 4 is 0 Å². The van der Waals surface area contributed by atoms with Crippen molar-refractivity contribution in [2.24, 2.45) is 5.92 Å². The summed E-state index contributed by atoms with van der Waals surface area (Å²) in [6.07, 6.45) is 39.4. The SMILES string of the molecule is c1cncc(CCCCCCCCCCCCCN2O[C@@H](CCCCCCCCc3cccnc3)[C@H]3CCC[C@H]32)c1. The summed E-state index contributed by atoms with van der Waals surface area (Å²) >= 11 is 0. The van der Waals surface area contributed by atoms with Crippen molar-refractivity contribution in [1.82, 2.24) is 15.0 Å². The molecule has 0 bridgehead atoms. The monoisotopic (exact) mass is 561 g/mol. The van der Waals surface area contributed by atoms with E-state index in [2.05, 4.69) is 33.2 Å². The standard InChI is InChI=1S/C37H59N3O/c1(2-4-6-10-14-21-33-23-19-28-38-31-33)3-5-9-13-17-30-40-36-26-18-25-35(36)37(41-40)27-16-12-8-7-11-15-22-34-24-20-29-39-32-34/h19-20,23-24,28-29,31-32,35-37H,1-18,21-22,25-27,30H2/t35-,36+,37-/m0/s1. The smallest absolute Gasteiger partial charge is 0.0837 e. The van der Waals surface area contributed by atoms with E-state index < -0.39 is 0 Å². The van der Waals surface area contributed by atoms with E-state index in [1.165, 1.54) is 159 Å². The van der Waals surface area contributed by atoms with E-state index in [4.69, 9.17) is 4.84 Å². The molecular weight excluding hydrogens is 502 g/mol. The Morgan fingerprint density at radius 2 is 1.12 bits per heavy atom. The average Bonchev–Trinajstić information content (AvgIpc) is 3.62. The second-order valence-corrected chi connectivity index (χ2v) is 13.0. The van der Waals surface area contributed by atoms with E-state index in [-0.39, 0.29) is 0 Å². The number of aromatic nitrogens is 2. The number of pyridine rings is 2. The molecule has 1 saturated carbocycles. The lowest BCUT2D eigenvalue weighted by molar-refractivity contribution is -0.167. The van der Waals surface area contributed by atoms with Gasteiger partial charge in [-0.15, -0.1) is 0 Å². The van der Waals surface area contributed by atoms with Crippen molar-refractivity contribution < 1.29 is 4.84 Å². The van der Waals surface area contributed by atoms with Gasteiger partial charge in [0.15, 0.2) is 0 Å². The second kappa shape index (κ2) is 20.2. The zero-order valence-corrected chi connectivity index (χ0v) is 26.1. The first-order valence-electron chi connectivity index (χ1n) is 17.6. The third-order valence-electron chi connectivity index (χ3n) is 9.64. The Hall–Kier alpha value is -1.78. The highest BCUT2D eigenvalue weighted by Crippen LogP contribution is 2.41. The fourth-order valence-electron chi connectivity index (χ4n) is 7.24. The molecule has 0 unspecified atom stereocenters. The summed E-state index contributed by atoms with van der Waals surface area (Å²) in [5, 5.41) is 2.44. The first-order chi connectivity index (χ1) is 20.4. The quantitative estimate of drug-likeness (QED) is 0.127. The van der Waals surface area contributed by atoms with Gasteiger partial charge in [0.05, 0.1) is 6.10 Å². The highest BCUT2D eigenvalue weighted by Gasteiger charge is 2.44. The molecule has 3 heterocycles. The lowest BCUT2D eigenvalue weighted by atomic mass is 9.93. The molecule has 1 aliphatic carbocycles. The number of hydrogen-bond donors (Lipinski definition) is 0. The van der Waals surface area contributed by atoms with E-state index in [1.807, 2.05) is 30.9 Å². The lowest BCUT2D eigenvalue weighted by Gasteiger charge is -2.21. The van der Waals surface area contributed by atoms with Crippen molar-refractivity contribution in [1.29, 1.82) is 0 Å². The molecule has 228 valence electrons. The van der Waals surface area contributed by atoms with Gasteiger partial charge in [0, 0.05) is 43.3 Å². The predicted octanol–water partition coefficient (Wildman–Crippen LogP) is 10.1. The minimum atomic E-state index is 0.503. The number of unbranched alkanes of at least 4 members (excludes halogenated alkanes) is 15. The molecule has 41 heavy (non-hydrogen) atoms. The van der Waals surface area contributed by atoms with Crippen LogP contribution in [0.1, 0.15) is 146 Å². The molecule has 3 atom stereocenters. The van der Waals surface area contributed by atoms with Crippen LogP contribution in [0.2, 0.25) is 0 Å². The number of hydrogen-bond acceptors (Lipinski definition) is 4. The van der Waals surface area contributed by atoms with Gasteiger partial charge in [-0.2, -0.15) is 5.06 Å². The summed E-state index contributed by atoms with van der Waals surface area (Å²) in [5.74, 6) is 0.810. The third-order valence-corrected chi connectivity index (χ3v) is 9.64. The van der Waals surface area contributed by atoms with Crippen LogP contribution in [0.25, 0.3) is 0 Å². The van der Waals surface area contributed by atoms with Gasteiger partial charge in [0.1, 0.15) is 0 Å². The average molecular weight is 562 g/mol. The molecular formula is C37H59N3O. The molecule has 2 aliphatic rings. The van der Waals surface area contributed by atoms with Crippen LogP contribution in [0.5, 0.6) is 0 Å². The maximum atomic E-state index is 6.57. The van der Waals surface area contributed by atoms with Gasteiger partial charge in [-0.05, 0) is 74.6 Å². The lowest BCUT2D eigenvalue weighted by Crippen LogP contribution is -2.29. The Labute approximate surface area is 252 Å². The van der Waals surface area contributed by atoms with Crippen molar-refractivity contribution in [2.45, 2.75) is 160 Å². The van der Waals surface area contributed by atoms with Crippen LogP contribution in [-0.4, -0.2) is 33.7 Å². The zero-order valence-electron chi connectivity index (χ0n) is 26.1. The maximum Gasteiger partial charge on any atom is 0.0837 e. The minimum Gasteiger partial charge on any atom is -0.295 e. The van der Waals surface area contributed by atoms with Crippen molar-refractivity contribution in [3.05, 3.63) is 60.2 Å². The summed E-state index contributed by atoms with van der Waals surface area (Å²) in [6.45, 7) is 1.16. The summed E-state index contributed by atoms with van der Waals surface area (Å²) in [5.41, 5.74) is 2.77. The zero-order chi connectivity index (χ0) is 28.2. The van der Waals surface area contributed by atoms with Crippen molar-refractivity contribution in [3.8, 4) is 0 Å². The van der Waals surface area contributed by atoms with Crippen LogP contribution in [0.3, 0.4) is 0 Å².